The first-order valence-electron chi connectivity index (χ1n) is 9.65. The Morgan fingerprint density at radius 3 is 2.79 bits per heavy atom. The summed E-state index contributed by atoms with van der Waals surface area (Å²) in [6.07, 6.45) is 3.90. The molecule has 150 valence electrons. The second kappa shape index (κ2) is 7.18. The predicted molar refractivity (Wildman–Crippen MR) is 104 cm³/mol. The third-order valence-electron chi connectivity index (χ3n) is 5.82. The molecule has 3 atom stereocenters. The lowest BCUT2D eigenvalue weighted by atomic mass is 10.2. The number of aromatic nitrogens is 2. The van der Waals surface area contributed by atoms with Gasteiger partial charge in [0.15, 0.2) is 6.35 Å². The van der Waals surface area contributed by atoms with E-state index in [0.717, 1.165) is 37.3 Å². The molecule has 1 aromatic heterocycles. The highest BCUT2D eigenvalue weighted by atomic mass is 35.5. The zero-order valence-electron chi connectivity index (χ0n) is 15.4. The van der Waals surface area contributed by atoms with Gasteiger partial charge >= 0.3 is 0 Å². The molecule has 0 amide bonds. The summed E-state index contributed by atoms with van der Waals surface area (Å²) in [4.78, 5) is 4.31. The molecule has 3 unspecified atom stereocenters. The van der Waals surface area contributed by atoms with E-state index in [0.29, 0.717) is 37.5 Å². The van der Waals surface area contributed by atoms with Crippen LogP contribution in [0.3, 0.4) is 0 Å². The molecule has 3 aliphatic rings. The zero-order valence-corrected chi connectivity index (χ0v) is 16.1. The van der Waals surface area contributed by atoms with Gasteiger partial charge in [-0.3, -0.25) is 9.58 Å². The van der Waals surface area contributed by atoms with Gasteiger partial charge in [-0.25, -0.2) is 4.39 Å². The molecular formula is C19H23ClFN5O2. The quantitative estimate of drug-likeness (QED) is 0.758. The Morgan fingerprint density at radius 1 is 1.25 bits per heavy atom. The van der Waals surface area contributed by atoms with Crippen LogP contribution >= 0.6 is 11.6 Å². The molecular weight excluding hydrogens is 385 g/mol. The lowest BCUT2D eigenvalue weighted by molar-refractivity contribution is 0.00600. The van der Waals surface area contributed by atoms with Crippen LogP contribution in [0.2, 0.25) is 5.02 Å². The average Bonchev–Trinajstić information content (AvgIpc) is 3.26. The van der Waals surface area contributed by atoms with Gasteiger partial charge in [0.25, 0.3) is 0 Å². The maximum Gasteiger partial charge on any atom is 0.184 e. The Labute approximate surface area is 167 Å². The van der Waals surface area contributed by atoms with Gasteiger partial charge in [0.1, 0.15) is 5.82 Å². The van der Waals surface area contributed by atoms with Gasteiger partial charge in [-0.05, 0) is 31.0 Å². The topological polar surface area (TPSA) is 65.8 Å². The normalized spacial score (nSPS) is 25.6. The molecule has 0 saturated carbocycles. The summed E-state index contributed by atoms with van der Waals surface area (Å²) in [7, 11) is 0. The minimum atomic E-state index is -0.904. The number of hydrogen-bond acceptors (Lipinski definition) is 6. The van der Waals surface area contributed by atoms with Crippen molar-refractivity contribution in [3.8, 4) is 0 Å². The van der Waals surface area contributed by atoms with Crippen LogP contribution in [-0.4, -0.2) is 58.0 Å². The second-order valence-corrected chi connectivity index (χ2v) is 8.09. The number of morpholine rings is 1. The Kier molecular flexibility index (Phi) is 4.66. The minimum Gasteiger partial charge on any atom is -0.371 e. The maximum absolute atomic E-state index is 13.3. The van der Waals surface area contributed by atoms with Gasteiger partial charge < -0.3 is 20.1 Å². The molecule has 7 nitrogen and oxygen atoms in total. The summed E-state index contributed by atoms with van der Waals surface area (Å²) in [6, 6.07) is 4.32. The molecule has 0 spiro atoms. The molecule has 3 aliphatic heterocycles. The first-order valence-corrected chi connectivity index (χ1v) is 10.0. The van der Waals surface area contributed by atoms with Crippen LogP contribution in [0.4, 0.5) is 15.8 Å². The van der Waals surface area contributed by atoms with E-state index in [1.54, 1.807) is 6.07 Å². The van der Waals surface area contributed by atoms with Crippen LogP contribution in [0.25, 0.3) is 0 Å². The Hall–Kier alpha value is -1.87. The number of rotatable bonds is 4. The van der Waals surface area contributed by atoms with E-state index < -0.39 is 12.2 Å². The summed E-state index contributed by atoms with van der Waals surface area (Å²) in [5.74, 6) is -0.479. The van der Waals surface area contributed by atoms with Gasteiger partial charge in [0, 0.05) is 31.9 Å². The number of aliphatic hydroxyl groups is 1. The fraction of sp³-hybridized carbons (Fsp3) is 0.526. The molecule has 2 aromatic rings. The van der Waals surface area contributed by atoms with E-state index in [1.807, 2.05) is 15.8 Å². The maximum atomic E-state index is 13.3. The summed E-state index contributed by atoms with van der Waals surface area (Å²) in [6.45, 7) is 3.72. The first-order chi connectivity index (χ1) is 13.6. The Balaban J connectivity index is 1.30. The van der Waals surface area contributed by atoms with E-state index in [1.165, 1.54) is 12.1 Å². The third-order valence-corrected chi connectivity index (χ3v) is 6.11. The first kappa shape index (κ1) is 18.2. The molecule has 2 fully saturated rings. The van der Waals surface area contributed by atoms with Crippen LogP contribution in [0.1, 0.15) is 18.5 Å². The predicted octanol–water partition coefficient (Wildman–Crippen LogP) is 2.25. The summed E-state index contributed by atoms with van der Waals surface area (Å²) >= 11 is 5.83. The van der Waals surface area contributed by atoms with E-state index >= 15 is 0 Å². The number of fused-ring (bicyclic) bond motifs is 3. The standard InChI is InChI=1S/C19H23ClFN5O2/c20-15-7-12(1-4-16(15)21)23-19(27)24-5-6-26-18(11-24)17(8-22-26)25-9-13-2-3-14(10-25)28-13/h1,4,7-8,13-14,19,23,27H,2-3,5-6,9-11H2. The van der Waals surface area contributed by atoms with E-state index in [-0.39, 0.29) is 5.02 Å². The number of anilines is 2. The number of benzene rings is 1. The third kappa shape index (κ3) is 3.34. The van der Waals surface area contributed by atoms with Crippen molar-refractivity contribution < 1.29 is 14.2 Å². The highest BCUT2D eigenvalue weighted by molar-refractivity contribution is 6.31. The van der Waals surface area contributed by atoms with Gasteiger partial charge in [-0.15, -0.1) is 0 Å². The zero-order chi connectivity index (χ0) is 19.3. The van der Waals surface area contributed by atoms with E-state index in [2.05, 4.69) is 15.3 Å². The van der Waals surface area contributed by atoms with Crippen molar-refractivity contribution >= 4 is 23.0 Å². The largest absolute Gasteiger partial charge is 0.371 e. The van der Waals surface area contributed by atoms with Crippen molar-refractivity contribution in [1.82, 2.24) is 14.7 Å². The van der Waals surface area contributed by atoms with Crippen molar-refractivity contribution in [1.29, 1.82) is 0 Å². The van der Waals surface area contributed by atoms with Crippen LogP contribution in [0, 0.1) is 5.82 Å². The van der Waals surface area contributed by atoms with Gasteiger partial charge in [-0.2, -0.15) is 5.10 Å². The van der Waals surface area contributed by atoms with Crippen molar-refractivity contribution in [2.24, 2.45) is 0 Å². The molecule has 0 radical (unpaired) electrons. The highest BCUT2D eigenvalue weighted by Crippen LogP contribution is 2.33. The summed E-state index contributed by atoms with van der Waals surface area (Å²) < 4.78 is 21.3. The molecule has 0 aliphatic carbocycles. The summed E-state index contributed by atoms with van der Waals surface area (Å²) in [5, 5.41) is 18.2. The van der Waals surface area contributed by atoms with Crippen LogP contribution < -0.4 is 10.2 Å². The lowest BCUT2D eigenvalue weighted by Gasteiger charge is -2.36. The number of ether oxygens (including phenoxy) is 1. The number of aliphatic hydroxyl groups excluding tert-OH is 1. The molecule has 28 heavy (non-hydrogen) atoms. The smallest absolute Gasteiger partial charge is 0.184 e. The van der Waals surface area contributed by atoms with Crippen LogP contribution in [-0.2, 0) is 17.8 Å². The van der Waals surface area contributed by atoms with Gasteiger partial charge in [0.2, 0.25) is 0 Å². The molecule has 5 rings (SSSR count). The highest BCUT2D eigenvalue weighted by Gasteiger charge is 2.36. The number of halogens is 2. The number of nitrogens with zero attached hydrogens (tertiary/aromatic N) is 4. The van der Waals surface area contributed by atoms with Crippen molar-refractivity contribution in [3.63, 3.8) is 0 Å². The van der Waals surface area contributed by atoms with Crippen molar-refractivity contribution in [2.75, 3.05) is 29.9 Å². The molecule has 2 N–H and O–H groups in total. The number of hydrogen-bond donors (Lipinski definition) is 2. The molecule has 9 heteroatoms. The SMILES string of the molecule is OC(Nc1ccc(F)c(Cl)c1)N1CCn2ncc(N3CC4CCC(C3)O4)c2C1. The number of nitrogens with one attached hydrogen (secondary N) is 1. The Morgan fingerprint density at radius 2 is 2.04 bits per heavy atom. The van der Waals surface area contributed by atoms with E-state index in [9.17, 15) is 9.50 Å². The van der Waals surface area contributed by atoms with Crippen molar-refractivity contribution in [3.05, 3.63) is 40.9 Å². The Bertz CT molecular complexity index is 866. The van der Waals surface area contributed by atoms with Gasteiger partial charge in [0.05, 0.1) is 41.4 Å². The monoisotopic (exact) mass is 407 g/mol. The van der Waals surface area contributed by atoms with Crippen LogP contribution in [0.5, 0.6) is 0 Å². The fourth-order valence-electron chi connectivity index (χ4n) is 4.36. The molecule has 1 aromatic carbocycles. The minimum absolute atomic E-state index is 0.0261. The van der Waals surface area contributed by atoms with Gasteiger partial charge in [-0.1, -0.05) is 11.6 Å². The van der Waals surface area contributed by atoms with Crippen molar-refractivity contribution in [2.45, 2.75) is 44.5 Å². The molecule has 2 saturated heterocycles. The average molecular weight is 408 g/mol. The van der Waals surface area contributed by atoms with Crippen LogP contribution in [0.15, 0.2) is 24.4 Å². The van der Waals surface area contributed by atoms with E-state index in [4.69, 9.17) is 16.3 Å². The fourth-order valence-corrected chi connectivity index (χ4v) is 4.54. The molecule has 4 heterocycles. The molecule has 2 bridgehead atoms. The second-order valence-electron chi connectivity index (χ2n) is 7.68. The summed E-state index contributed by atoms with van der Waals surface area (Å²) in [5.41, 5.74) is 2.80. The lowest BCUT2D eigenvalue weighted by Crippen LogP contribution is -2.46.